The second-order valence-corrected chi connectivity index (χ2v) is 11.1. The van der Waals surface area contributed by atoms with E-state index in [1.165, 1.54) is 32.6 Å². The number of hydrogen-bond donors (Lipinski definition) is 1. The quantitative estimate of drug-likeness (QED) is 0.173. The van der Waals surface area contributed by atoms with Gasteiger partial charge >= 0.3 is 13.2 Å². The first kappa shape index (κ1) is 32.7. The van der Waals surface area contributed by atoms with E-state index in [1.54, 1.807) is 12.3 Å². The fourth-order valence-electron chi connectivity index (χ4n) is 5.00. The summed E-state index contributed by atoms with van der Waals surface area (Å²) in [6.45, 7) is -3.29. The normalized spacial score (nSPS) is 14.1. The number of carbonyl (C=O) groups is 1. The summed E-state index contributed by atoms with van der Waals surface area (Å²) in [7, 11) is 6.05. The Morgan fingerprint density at radius 1 is 1.08 bits per heavy atom. The van der Waals surface area contributed by atoms with Crippen molar-refractivity contribution < 1.29 is 31.8 Å². The van der Waals surface area contributed by atoms with Gasteiger partial charge in [-0.25, -0.2) is 19.5 Å². The first-order chi connectivity index (χ1) is 23.0. The second kappa shape index (κ2) is 13.9. The van der Waals surface area contributed by atoms with Gasteiger partial charge in [-0.2, -0.15) is 32.6 Å². The van der Waals surface area contributed by atoms with Gasteiger partial charge in [-0.05, 0) is 43.6 Å². The number of aromatic nitrogens is 9. The highest BCUT2D eigenvalue weighted by molar-refractivity contribution is 6.09. The van der Waals surface area contributed by atoms with Crippen LogP contribution in [0.4, 0.5) is 23.2 Å². The van der Waals surface area contributed by atoms with Gasteiger partial charge in [0, 0.05) is 51.8 Å². The minimum Gasteiger partial charge on any atom is -0.435 e. The van der Waals surface area contributed by atoms with Crippen molar-refractivity contribution in [2.75, 3.05) is 52.6 Å². The zero-order chi connectivity index (χ0) is 33.9. The number of tetrazole rings is 1. The molecule has 1 aliphatic rings. The molecular weight excluding hydrogens is 642 g/mol. The molecule has 0 bridgehead atoms. The summed E-state index contributed by atoms with van der Waals surface area (Å²) in [5.41, 5.74) is 0.180. The number of amides is 1. The molecule has 0 radical (unpaired) electrons. The number of halogens is 4. The molecule has 0 saturated carbocycles. The third-order valence-electron chi connectivity index (χ3n) is 7.48. The standard InChI is InChI=1S/C28H31F4N13O3/c1-40(2)9-10-41(3)43-13-17(14-43)45-37-23(36-39-45)16-42-15-21(35-26(46)20-12-34-44-8-4-7-33-25(20)44)24(38-42)19-11-18(47-27(29)30)5-6-22(19)48-28(31)32/h4-8,11-12,15,17,27-28H,9-10,13-14,16H2,1-3H3,(H,35,46). The highest BCUT2D eigenvalue weighted by Crippen LogP contribution is 2.38. The van der Waals surface area contributed by atoms with Crippen molar-refractivity contribution in [2.24, 2.45) is 0 Å². The Morgan fingerprint density at radius 3 is 2.62 bits per heavy atom. The molecule has 254 valence electrons. The molecule has 6 rings (SSSR count). The first-order valence-corrected chi connectivity index (χ1v) is 14.6. The lowest BCUT2D eigenvalue weighted by Gasteiger charge is -2.43. The van der Waals surface area contributed by atoms with Crippen LogP contribution < -0.4 is 14.8 Å². The summed E-state index contributed by atoms with van der Waals surface area (Å²) in [5, 5.41) is 28.4. The molecule has 1 amide bonds. The van der Waals surface area contributed by atoms with Crippen molar-refractivity contribution in [3.05, 3.63) is 60.4 Å². The summed E-state index contributed by atoms with van der Waals surface area (Å²) in [5.74, 6) is -1.09. The van der Waals surface area contributed by atoms with Crippen molar-refractivity contribution in [1.29, 1.82) is 0 Å². The second-order valence-electron chi connectivity index (χ2n) is 11.1. The Morgan fingerprint density at radius 2 is 1.88 bits per heavy atom. The number of hydrogen-bond acceptors (Lipinski definition) is 12. The van der Waals surface area contributed by atoms with E-state index >= 15 is 0 Å². The molecule has 48 heavy (non-hydrogen) atoms. The van der Waals surface area contributed by atoms with Gasteiger partial charge < -0.3 is 19.7 Å². The summed E-state index contributed by atoms with van der Waals surface area (Å²) in [6.07, 6.45) is 5.83. The lowest BCUT2D eigenvalue weighted by molar-refractivity contribution is -0.0905. The van der Waals surface area contributed by atoms with Crippen LogP contribution in [0.1, 0.15) is 22.2 Å². The topological polar surface area (TPSA) is 149 Å². The fourth-order valence-corrected chi connectivity index (χ4v) is 5.00. The average molecular weight is 674 g/mol. The molecule has 16 nitrogen and oxygen atoms in total. The Labute approximate surface area is 270 Å². The van der Waals surface area contributed by atoms with E-state index < -0.39 is 19.1 Å². The molecule has 5 heterocycles. The van der Waals surface area contributed by atoms with Crippen molar-refractivity contribution in [3.8, 4) is 22.8 Å². The van der Waals surface area contributed by atoms with E-state index in [9.17, 15) is 22.4 Å². The van der Waals surface area contributed by atoms with Crippen LogP contribution in [0.25, 0.3) is 16.9 Å². The summed E-state index contributed by atoms with van der Waals surface area (Å²) in [6, 6.07) is 4.81. The summed E-state index contributed by atoms with van der Waals surface area (Å²) in [4.78, 5) is 21.2. The number of nitrogens with one attached hydrogen (secondary N) is 1. The zero-order valence-corrected chi connectivity index (χ0v) is 26.0. The fraction of sp³-hybridized carbons (Fsp3) is 0.393. The number of hydrazine groups is 1. The number of anilines is 1. The largest absolute Gasteiger partial charge is 0.435 e. The maximum absolute atomic E-state index is 13.4. The zero-order valence-electron chi connectivity index (χ0n) is 26.0. The van der Waals surface area contributed by atoms with Crippen molar-refractivity contribution in [1.82, 2.24) is 59.5 Å². The maximum Gasteiger partial charge on any atom is 0.387 e. The SMILES string of the molecule is CN(C)CCN(C)N1CC(n2nnc(Cn3cc(NC(=O)c4cnn5cccnc45)c(-c4cc(OC(F)F)ccc4OC(F)F)n3)n2)C1. The van der Waals surface area contributed by atoms with Gasteiger partial charge in [-0.1, -0.05) is 0 Å². The van der Waals surface area contributed by atoms with Gasteiger partial charge in [0.2, 0.25) is 0 Å². The lowest BCUT2D eigenvalue weighted by Crippen LogP contribution is -2.56. The lowest BCUT2D eigenvalue weighted by atomic mass is 10.1. The number of ether oxygens (including phenoxy) is 2. The third-order valence-corrected chi connectivity index (χ3v) is 7.48. The molecule has 0 aliphatic carbocycles. The molecule has 0 spiro atoms. The molecule has 1 aromatic carbocycles. The number of fused-ring (bicyclic) bond motifs is 1. The van der Waals surface area contributed by atoms with Gasteiger partial charge in [-0.15, -0.1) is 10.2 Å². The molecule has 0 atom stereocenters. The van der Waals surface area contributed by atoms with Crippen molar-refractivity contribution in [2.45, 2.75) is 25.8 Å². The van der Waals surface area contributed by atoms with Crippen LogP contribution in [-0.4, -0.2) is 126 Å². The molecule has 1 saturated heterocycles. The number of alkyl halides is 4. The minimum absolute atomic E-state index is 0.00201. The van der Waals surface area contributed by atoms with E-state index in [1.807, 2.05) is 21.1 Å². The third kappa shape index (κ3) is 7.34. The molecule has 1 N–H and O–H groups in total. The average Bonchev–Trinajstić information content (AvgIpc) is 3.75. The number of carbonyl (C=O) groups excluding carboxylic acids is 1. The predicted molar refractivity (Wildman–Crippen MR) is 161 cm³/mol. The number of likely N-dealkylation sites (N-methyl/N-ethyl adjacent to an activating group) is 2. The molecule has 0 unspecified atom stereocenters. The predicted octanol–water partition coefficient (Wildman–Crippen LogP) is 2.35. The Hall–Kier alpha value is -5.21. The van der Waals surface area contributed by atoms with E-state index in [0.29, 0.717) is 13.1 Å². The van der Waals surface area contributed by atoms with Crippen LogP contribution in [0.15, 0.2) is 49.1 Å². The van der Waals surface area contributed by atoms with Crippen LogP contribution in [0.5, 0.6) is 11.5 Å². The maximum atomic E-state index is 13.4. The van der Waals surface area contributed by atoms with Crippen LogP contribution in [0.2, 0.25) is 0 Å². The number of nitrogens with zero attached hydrogens (tertiary/aromatic N) is 12. The van der Waals surface area contributed by atoms with Gasteiger partial charge in [0.05, 0.1) is 17.4 Å². The first-order valence-electron chi connectivity index (χ1n) is 14.6. The molecule has 1 aliphatic heterocycles. The summed E-state index contributed by atoms with van der Waals surface area (Å²) < 4.78 is 64.8. The van der Waals surface area contributed by atoms with Gasteiger partial charge in [0.25, 0.3) is 5.91 Å². The van der Waals surface area contributed by atoms with E-state index in [-0.39, 0.29) is 58.1 Å². The molecule has 4 aromatic heterocycles. The molecule has 5 aromatic rings. The van der Waals surface area contributed by atoms with Crippen LogP contribution in [-0.2, 0) is 6.54 Å². The highest BCUT2D eigenvalue weighted by atomic mass is 19.3. The molecule has 1 fully saturated rings. The summed E-state index contributed by atoms with van der Waals surface area (Å²) >= 11 is 0. The number of benzene rings is 1. The van der Waals surface area contributed by atoms with E-state index in [4.69, 9.17) is 0 Å². The molecular formula is C28H31F4N13O3. The van der Waals surface area contributed by atoms with Crippen LogP contribution in [0.3, 0.4) is 0 Å². The molecule has 20 heteroatoms. The monoisotopic (exact) mass is 673 g/mol. The number of rotatable bonds is 14. The van der Waals surface area contributed by atoms with Crippen LogP contribution >= 0.6 is 0 Å². The van der Waals surface area contributed by atoms with Crippen molar-refractivity contribution >= 4 is 17.2 Å². The van der Waals surface area contributed by atoms with E-state index in [0.717, 1.165) is 31.3 Å². The van der Waals surface area contributed by atoms with Gasteiger partial charge in [0.1, 0.15) is 35.3 Å². The smallest absolute Gasteiger partial charge is 0.387 e. The van der Waals surface area contributed by atoms with Crippen molar-refractivity contribution in [3.63, 3.8) is 0 Å². The highest BCUT2D eigenvalue weighted by Gasteiger charge is 2.33. The Kier molecular flexibility index (Phi) is 9.46. The van der Waals surface area contributed by atoms with Gasteiger partial charge in [-0.3, -0.25) is 9.48 Å². The minimum atomic E-state index is -3.25. The Bertz CT molecular complexity index is 1870. The van der Waals surface area contributed by atoms with Gasteiger partial charge in [0.15, 0.2) is 11.5 Å². The van der Waals surface area contributed by atoms with Crippen LogP contribution in [0, 0.1) is 0 Å². The Balaban J connectivity index is 1.28. The van der Waals surface area contributed by atoms with E-state index in [2.05, 4.69) is 60.3 Å².